The summed E-state index contributed by atoms with van der Waals surface area (Å²) in [5, 5.41) is 8.42. The third kappa shape index (κ3) is 3.74. The first-order valence-corrected chi connectivity index (χ1v) is 10.6. The lowest BCUT2D eigenvalue weighted by Crippen LogP contribution is -2.41. The quantitative estimate of drug-likeness (QED) is 0.714. The Kier molecular flexibility index (Phi) is 4.92. The molecule has 0 unspecified atom stereocenters. The minimum atomic E-state index is -3.02. The minimum absolute atomic E-state index is 0.0409. The lowest BCUT2D eigenvalue weighted by atomic mass is 10.2. The van der Waals surface area contributed by atoms with E-state index in [-0.39, 0.29) is 23.5 Å². The first-order chi connectivity index (χ1) is 11.8. The minimum Gasteiger partial charge on any atom is -0.461 e. The number of aromatic nitrogens is 3. The van der Waals surface area contributed by atoms with Crippen LogP contribution in [0.5, 0.6) is 0 Å². The monoisotopic (exact) mass is 384 g/mol. The van der Waals surface area contributed by atoms with Gasteiger partial charge in [0.2, 0.25) is 5.91 Å². The summed E-state index contributed by atoms with van der Waals surface area (Å²) in [5.74, 6) is 1.26. The summed E-state index contributed by atoms with van der Waals surface area (Å²) in [6.07, 6.45) is 2.06. The number of amides is 1. The molecular formula is C15H20N4O4S2. The van der Waals surface area contributed by atoms with E-state index < -0.39 is 15.1 Å². The van der Waals surface area contributed by atoms with E-state index in [9.17, 15) is 13.2 Å². The largest absolute Gasteiger partial charge is 0.461 e. The summed E-state index contributed by atoms with van der Waals surface area (Å²) in [6, 6.07) is 3.31. The van der Waals surface area contributed by atoms with Gasteiger partial charge in [0.1, 0.15) is 0 Å². The van der Waals surface area contributed by atoms with E-state index >= 15 is 0 Å². The second-order valence-corrected chi connectivity index (χ2v) is 9.65. The van der Waals surface area contributed by atoms with Gasteiger partial charge in [-0.15, -0.1) is 10.2 Å². The van der Waals surface area contributed by atoms with Crippen molar-refractivity contribution in [3.63, 3.8) is 0 Å². The maximum absolute atomic E-state index is 12.6. The van der Waals surface area contributed by atoms with Crippen molar-refractivity contribution in [2.75, 3.05) is 18.6 Å². The van der Waals surface area contributed by atoms with Crippen LogP contribution in [0.3, 0.4) is 0 Å². The highest BCUT2D eigenvalue weighted by atomic mass is 32.2. The van der Waals surface area contributed by atoms with Crippen LogP contribution >= 0.6 is 11.8 Å². The average molecular weight is 384 g/mol. The molecular weight excluding hydrogens is 364 g/mol. The number of furan rings is 1. The zero-order valence-electron chi connectivity index (χ0n) is 14.2. The van der Waals surface area contributed by atoms with Crippen molar-refractivity contribution in [3.8, 4) is 11.6 Å². The second kappa shape index (κ2) is 6.83. The molecule has 3 rings (SSSR count). The first-order valence-electron chi connectivity index (χ1n) is 7.85. The van der Waals surface area contributed by atoms with Crippen LogP contribution in [0, 0.1) is 0 Å². The van der Waals surface area contributed by atoms with Crippen molar-refractivity contribution in [1.82, 2.24) is 19.7 Å². The molecule has 0 radical (unpaired) electrons. The van der Waals surface area contributed by atoms with Gasteiger partial charge in [0.25, 0.3) is 0 Å². The summed E-state index contributed by atoms with van der Waals surface area (Å²) in [4.78, 5) is 14.2. The standard InChI is InChI=1S/C15H20N4O4S2/c1-10(14(20)18(2)11-6-8-25(21,22)9-11)24-15-17-16-13(19(15)3)12-5-4-7-23-12/h4-5,7,10-11H,6,8-9H2,1-3H3/t10-,11+/m0/s1. The Bertz CT molecular complexity index is 860. The summed E-state index contributed by atoms with van der Waals surface area (Å²) < 4.78 is 30.3. The van der Waals surface area contributed by atoms with Gasteiger partial charge in [-0.1, -0.05) is 11.8 Å². The molecule has 1 aliphatic rings. The molecule has 0 aliphatic carbocycles. The van der Waals surface area contributed by atoms with E-state index in [0.717, 1.165) is 0 Å². The molecule has 2 aromatic rings. The van der Waals surface area contributed by atoms with Gasteiger partial charge in [0.15, 0.2) is 26.6 Å². The normalized spacial score (nSPS) is 20.5. The third-order valence-electron chi connectivity index (χ3n) is 4.31. The van der Waals surface area contributed by atoms with E-state index in [1.54, 1.807) is 41.8 Å². The van der Waals surface area contributed by atoms with Crippen molar-refractivity contribution in [2.45, 2.75) is 29.8 Å². The number of hydrogen-bond acceptors (Lipinski definition) is 7. The Morgan fingerprint density at radius 3 is 2.84 bits per heavy atom. The number of thioether (sulfide) groups is 1. The van der Waals surface area contributed by atoms with E-state index in [4.69, 9.17) is 4.42 Å². The van der Waals surface area contributed by atoms with Crippen LogP contribution in [0.2, 0.25) is 0 Å². The van der Waals surface area contributed by atoms with Gasteiger partial charge in [-0.2, -0.15) is 0 Å². The molecule has 1 saturated heterocycles. The number of nitrogens with zero attached hydrogens (tertiary/aromatic N) is 4. The van der Waals surface area contributed by atoms with Gasteiger partial charge >= 0.3 is 0 Å². The van der Waals surface area contributed by atoms with E-state index in [1.165, 1.54) is 11.8 Å². The van der Waals surface area contributed by atoms with Crippen molar-refractivity contribution < 1.29 is 17.6 Å². The zero-order valence-corrected chi connectivity index (χ0v) is 15.9. The molecule has 1 amide bonds. The van der Waals surface area contributed by atoms with Crippen LogP contribution in [0.1, 0.15) is 13.3 Å². The maximum Gasteiger partial charge on any atom is 0.235 e. The number of sulfone groups is 1. The van der Waals surface area contributed by atoms with Gasteiger partial charge < -0.3 is 13.9 Å². The lowest BCUT2D eigenvalue weighted by molar-refractivity contribution is -0.130. The molecule has 3 heterocycles. The van der Waals surface area contributed by atoms with E-state index in [2.05, 4.69) is 10.2 Å². The summed E-state index contributed by atoms with van der Waals surface area (Å²) in [6.45, 7) is 1.79. The molecule has 136 valence electrons. The highest BCUT2D eigenvalue weighted by Gasteiger charge is 2.34. The third-order valence-corrected chi connectivity index (χ3v) is 7.18. The summed E-state index contributed by atoms with van der Waals surface area (Å²) >= 11 is 1.29. The molecule has 1 fully saturated rings. The molecule has 1 aliphatic heterocycles. The maximum atomic E-state index is 12.6. The van der Waals surface area contributed by atoms with Crippen LogP contribution in [-0.4, -0.2) is 63.8 Å². The summed E-state index contributed by atoms with van der Waals surface area (Å²) in [7, 11) is 0.448. The van der Waals surface area contributed by atoms with Gasteiger partial charge in [-0.3, -0.25) is 4.79 Å². The summed E-state index contributed by atoms with van der Waals surface area (Å²) in [5.41, 5.74) is 0. The predicted molar refractivity (Wildman–Crippen MR) is 93.9 cm³/mol. The Morgan fingerprint density at radius 1 is 1.48 bits per heavy atom. The molecule has 0 aromatic carbocycles. The van der Waals surface area contributed by atoms with Crippen molar-refractivity contribution in [3.05, 3.63) is 18.4 Å². The van der Waals surface area contributed by atoms with Crippen LogP contribution in [0.4, 0.5) is 0 Å². The van der Waals surface area contributed by atoms with E-state index in [0.29, 0.717) is 23.2 Å². The number of carbonyl (C=O) groups excluding carboxylic acids is 1. The Balaban J connectivity index is 1.68. The van der Waals surface area contributed by atoms with Gasteiger partial charge in [0.05, 0.1) is 23.0 Å². The fourth-order valence-electron chi connectivity index (χ4n) is 2.79. The molecule has 0 saturated carbocycles. The number of rotatable bonds is 5. The highest BCUT2D eigenvalue weighted by molar-refractivity contribution is 8.00. The molecule has 25 heavy (non-hydrogen) atoms. The molecule has 0 N–H and O–H groups in total. The molecule has 8 nitrogen and oxygen atoms in total. The van der Waals surface area contributed by atoms with Crippen LogP contribution < -0.4 is 0 Å². The number of hydrogen-bond donors (Lipinski definition) is 0. The second-order valence-electron chi connectivity index (χ2n) is 6.11. The van der Waals surface area contributed by atoms with Crippen LogP contribution in [0.25, 0.3) is 11.6 Å². The molecule has 2 atom stereocenters. The Hall–Kier alpha value is -1.81. The molecule has 0 bridgehead atoms. The average Bonchev–Trinajstić information content (AvgIpc) is 3.27. The van der Waals surface area contributed by atoms with Crippen LogP contribution in [0.15, 0.2) is 28.0 Å². The first kappa shape index (κ1) is 18.0. The van der Waals surface area contributed by atoms with E-state index in [1.807, 2.05) is 7.05 Å². The highest BCUT2D eigenvalue weighted by Crippen LogP contribution is 2.27. The van der Waals surface area contributed by atoms with Gasteiger partial charge in [-0.05, 0) is 25.5 Å². The fourth-order valence-corrected chi connectivity index (χ4v) is 5.48. The fraction of sp³-hybridized carbons (Fsp3) is 0.533. The van der Waals surface area contributed by atoms with Crippen LogP contribution in [-0.2, 0) is 21.7 Å². The van der Waals surface area contributed by atoms with Gasteiger partial charge in [0, 0.05) is 20.1 Å². The zero-order chi connectivity index (χ0) is 18.2. The Morgan fingerprint density at radius 2 is 2.24 bits per heavy atom. The van der Waals surface area contributed by atoms with Crippen molar-refractivity contribution >= 4 is 27.5 Å². The van der Waals surface area contributed by atoms with Crippen molar-refractivity contribution in [2.24, 2.45) is 7.05 Å². The van der Waals surface area contributed by atoms with Gasteiger partial charge in [-0.25, -0.2) is 8.42 Å². The smallest absolute Gasteiger partial charge is 0.235 e. The predicted octanol–water partition coefficient (Wildman–Crippen LogP) is 1.20. The number of carbonyl (C=O) groups is 1. The SMILES string of the molecule is C[C@H](Sc1nnc(-c2ccco2)n1C)C(=O)N(C)[C@@H]1CCS(=O)(=O)C1. The molecule has 2 aromatic heterocycles. The topological polar surface area (TPSA) is 98.3 Å². The molecule has 0 spiro atoms. The Labute approximate surface area is 150 Å². The lowest BCUT2D eigenvalue weighted by Gasteiger charge is -2.26. The van der Waals surface area contributed by atoms with Crippen molar-refractivity contribution in [1.29, 1.82) is 0 Å². The molecule has 10 heteroatoms.